The lowest BCUT2D eigenvalue weighted by Crippen LogP contribution is -2.38. The summed E-state index contributed by atoms with van der Waals surface area (Å²) < 4.78 is 17.2. The summed E-state index contributed by atoms with van der Waals surface area (Å²) in [4.78, 5) is 4.66. The summed E-state index contributed by atoms with van der Waals surface area (Å²) in [5.74, 6) is 2.45. The van der Waals surface area contributed by atoms with Crippen LogP contribution in [-0.4, -0.2) is 58.1 Å². The zero-order valence-corrected chi connectivity index (χ0v) is 21.3. The van der Waals surface area contributed by atoms with Crippen LogP contribution in [0.4, 0.5) is 0 Å². The van der Waals surface area contributed by atoms with E-state index in [4.69, 9.17) is 14.2 Å². The number of nitrogens with one attached hydrogen (secondary N) is 2. The average molecular weight is 546 g/mol. The normalized spacial score (nSPS) is 19.3. The maximum atomic E-state index is 6.04. The fourth-order valence-corrected chi connectivity index (χ4v) is 3.92. The van der Waals surface area contributed by atoms with Crippen LogP contribution >= 0.6 is 24.0 Å². The Balaban J connectivity index is 0.00000341. The Morgan fingerprint density at radius 2 is 1.94 bits per heavy atom. The molecule has 0 spiro atoms. The van der Waals surface area contributed by atoms with E-state index in [2.05, 4.69) is 46.8 Å². The molecule has 0 radical (unpaired) electrons. The molecule has 1 aromatic rings. The molecule has 0 aromatic heterocycles. The summed E-state index contributed by atoms with van der Waals surface area (Å²) in [6.45, 7) is 7.87. The monoisotopic (exact) mass is 545 g/mol. The molecule has 0 bridgehead atoms. The lowest BCUT2D eigenvalue weighted by molar-refractivity contribution is 0.0893. The van der Waals surface area contributed by atoms with Crippen molar-refractivity contribution in [1.29, 1.82) is 0 Å². The lowest BCUT2D eigenvalue weighted by atomic mass is 10.1. The second-order valence-corrected chi connectivity index (χ2v) is 8.26. The van der Waals surface area contributed by atoms with Gasteiger partial charge in [-0.2, -0.15) is 0 Å². The zero-order valence-electron chi connectivity index (χ0n) is 18.9. The van der Waals surface area contributed by atoms with Crippen molar-refractivity contribution in [3.8, 4) is 5.75 Å². The Kier molecular flexibility index (Phi) is 13.3. The number of hydrogen-bond donors (Lipinski definition) is 2. The largest absolute Gasteiger partial charge is 0.490 e. The van der Waals surface area contributed by atoms with Crippen molar-refractivity contribution in [1.82, 2.24) is 10.6 Å². The topological polar surface area (TPSA) is 64.1 Å². The predicted molar refractivity (Wildman–Crippen MR) is 137 cm³/mol. The van der Waals surface area contributed by atoms with Gasteiger partial charge in [0.2, 0.25) is 0 Å². The van der Waals surface area contributed by atoms with E-state index in [0.717, 1.165) is 77.0 Å². The van der Waals surface area contributed by atoms with E-state index in [-0.39, 0.29) is 24.0 Å². The quantitative estimate of drug-likeness (QED) is 0.179. The maximum Gasteiger partial charge on any atom is 0.191 e. The first-order valence-corrected chi connectivity index (χ1v) is 11.8. The number of rotatable bonds is 12. The van der Waals surface area contributed by atoms with Crippen LogP contribution in [-0.2, 0) is 15.9 Å². The van der Waals surface area contributed by atoms with Crippen LogP contribution in [0.2, 0.25) is 0 Å². The highest BCUT2D eigenvalue weighted by Gasteiger charge is 2.16. The number of benzene rings is 1. The van der Waals surface area contributed by atoms with E-state index < -0.39 is 0 Å². The van der Waals surface area contributed by atoms with Crippen molar-refractivity contribution < 1.29 is 14.2 Å². The van der Waals surface area contributed by atoms with Gasteiger partial charge in [0, 0.05) is 38.8 Å². The van der Waals surface area contributed by atoms with Gasteiger partial charge in [0.25, 0.3) is 0 Å². The molecule has 2 N–H and O–H groups in total. The zero-order chi connectivity index (χ0) is 20.9. The minimum absolute atomic E-state index is 0. The highest BCUT2D eigenvalue weighted by molar-refractivity contribution is 14.0. The summed E-state index contributed by atoms with van der Waals surface area (Å²) in [6, 6.07) is 8.54. The predicted octanol–water partition coefficient (Wildman–Crippen LogP) is 4.17. The van der Waals surface area contributed by atoms with Crippen molar-refractivity contribution in [2.75, 3.05) is 46.1 Å². The lowest BCUT2D eigenvalue weighted by Gasteiger charge is -2.14. The number of guanidine groups is 1. The van der Waals surface area contributed by atoms with E-state index >= 15 is 0 Å². The molecular formula is C24H40IN3O3. The van der Waals surface area contributed by atoms with Gasteiger partial charge < -0.3 is 24.8 Å². The fraction of sp³-hybridized carbons (Fsp3) is 0.708. The van der Waals surface area contributed by atoms with Crippen LogP contribution in [0, 0.1) is 5.92 Å². The van der Waals surface area contributed by atoms with Crippen LogP contribution in [0.1, 0.15) is 51.0 Å². The van der Waals surface area contributed by atoms with Crippen molar-refractivity contribution in [3.63, 3.8) is 0 Å². The Morgan fingerprint density at radius 1 is 1.13 bits per heavy atom. The van der Waals surface area contributed by atoms with Gasteiger partial charge in [0.1, 0.15) is 5.75 Å². The van der Waals surface area contributed by atoms with Crippen molar-refractivity contribution >= 4 is 29.9 Å². The van der Waals surface area contributed by atoms with Gasteiger partial charge >= 0.3 is 0 Å². The van der Waals surface area contributed by atoms with Crippen molar-refractivity contribution in [2.24, 2.45) is 10.9 Å². The molecule has 6 nitrogen and oxygen atoms in total. The van der Waals surface area contributed by atoms with Crippen LogP contribution < -0.4 is 15.4 Å². The smallest absolute Gasteiger partial charge is 0.191 e. The molecule has 0 amide bonds. The van der Waals surface area contributed by atoms with Gasteiger partial charge in [0.15, 0.2) is 5.96 Å². The number of nitrogens with zero attached hydrogens (tertiary/aromatic N) is 1. The molecule has 3 rings (SSSR count). The van der Waals surface area contributed by atoms with Crippen molar-refractivity contribution in [3.05, 3.63) is 29.8 Å². The Labute approximate surface area is 204 Å². The third kappa shape index (κ3) is 10.4. The number of ether oxygens (including phenoxy) is 3. The first-order valence-electron chi connectivity index (χ1n) is 11.8. The molecule has 1 aliphatic heterocycles. The first-order chi connectivity index (χ1) is 14.8. The van der Waals surface area contributed by atoms with Gasteiger partial charge in [0.05, 0.1) is 19.3 Å². The van der Waals surface area contributed by atoms with Gasteiger partial charge in [-0.25, -0.2) is 0 Å². The third-order valence-corrected chi connectivity index (χ3v) is 5.67. The number of aliphatic imine (C=N–C) groups is 1. The number of halogens is 1. The van der Waals surface area contributed by atoms with Gasteiger partial charge in [-0.15, -0.1) is 24.0 Å². The molecule has 2 aliphatic rings. The maximum absolute atomic E-state index is 6.04. The molecule has 1 aromatic carbocycles. The molecule has 1 unspecified atom stereocenters. The van der Waals surface area contributed by atoms with E-state index in [1.54, 1.807) is 0 Å². The minimum Gasteiger partial charge on any atom is -0.490 e. The van der Waals surface area contributed by atoms with Gasteiger partial charge in [-0.1, -0.05) is 12.1 Å². The molecule has 2 fully saturated rings. The third-order valence-electron chi connectivity index (χ3n) is 5.67. The summed E-state index contributed by atoms with van der Waals surface area (Å²) in [5.41, 5.74) is 1.31. The molecular weight excluding hydrogens is 505 g/mol. The van der Waals surface area contributed by atoms with Crippen LogP contribution in [0.3, 0.4) is 0 Å². The second-order valence-electron chi connectivity index (χ2n) is 8.26. The second kappa shape index (κ2) is 15.7. The molecule has 176 valence electrons. The fourth-order valence-electron chi connectivity index (χ4n) is 3.92. The summed E-state index contributed by atoms with van der Waals surface area (Å²) in [5, 5.41) is 6.74. The summed E-state index contributed by atoms with van der Waals surface area (Å²) in [7, 11) is 0. The van der Waals surface area contributed by atoms with E-state index in [9.17, 15) is 0 Å². The highest BCUT2D eigenvalue weighted by Crippen LogP contribution is 2.24. The first kappa shape index (κ1) is 26.2. The highest BCUT2D eigenvalue weighted by atomic mass is 127. The van der Waals surface area contributed by atoms with Gasteiger partial charge in [-0.3, -0.25) is 4.99 Å². The molecule has 1 atom stereocenters. The Hall–Kier alpha value is -1.06. The Morgan fingerprint density at radius 3 is 2.65 bits per heavy atom. The van der Waals surface area contributed by atoms with Crippen LogP contribution in [0.15, 0.2) is 29.3 Å². The molecule has 1 saturated heterocycles. The summed E-state index contributed by atoms with van der Waals surface area (Å²) in [6.07, 6.45) is 8.43. The van der Waals surface area contributed by atoms with Crippen LogP contribution in [0.25, 0.3) is 0 Å². The molecule has 1 saturated carbocycles. The molecule has 1 heterocycles. The van der Waals surface area contributed by atoms with E-state index in [1.165, 1.54) is 31.2 Å². The van der Waals surface area contributed by atoms with Crippen LogP contribution in [0.5, 0.6) is 5.75 Å². The average Bonchev–Trinajstić information content (AvgIpc) is 3.46. The standard InChI is InChI=1S/C24H39N3O3.HI/c1-2-25-24(26-14-5-16-28-18-21-13-17-29-19-21)27-15-12-20-8-10-23(11-9-20)30-22-6-3-4-7-22;/h8-11,21-22H,2-7,12-19H2,1H3,(H2,25,26,27);1H. The SMILES string of the molecule is CCNC(=NCCCOCC1CCOC1)NCCc1ccc(OC2CCCC2)cc1.I. The van der Waals surface area contributed by atoms with Gasteiger partial charge in [-0.05, 0) is 69.6 Å². The summed E-state index contributed by atoms with van der Waals surface area (Å²) >= 11 is 0. The van der Waals surface area contributed by atoms with E-state index in [1.807, 2.05) is 0 Å². The molecule has 31 heavy (non-hydrogen) atoms. The Bertz CT molecular complexity index is 615. The van der Waals surface area contributed by atoms with Crippen molar-refractivity contribution in [2.45, 2.75) is 58.0 Å². The molecule has 1 aliphatic carbocycles. The van der Waals surface area contributed by atoms with E-state index in [0.29, 0.717) is 12.0 Å². The molecule has 7 heteroatoms. The number of hydrogen-bond acceptors (Lipinski definition) is 4. The minimum atomic E-state index is 0.